The molecule has 11 atom stereocenters. The molecule has 0 radical (unpaired) electrons. The fraction of sp³-hybridized carbons (Fsp3) is 0.833. The van der Waals surface area contributed by atoms with Crippen LogP contribution >= 0.6 is 11.8 Å². The average Bonchev–Trinajstić information content (AvgIpc) is 2.85. The molecule has 0 saturated carbocycles. The third kappa shape index (κ3) is 8.25. The van der Waals surface area contributed by atoms with E-state index in [2.05, 4.69) is 10.6 Å². The lowest BCUT2D eigenvalue weighted by Crippen LogP contribution is -2.66. The first-order chi connectivity index (χ1) is 18.1. The second kappa shape index (κ2) is 14.1. The average molecular weight is 581 g/mol. The van der Waals surface area contributed by atoms with Crippen molar-refractivity contribution in [1.82, 2.24) is 10.6 Å². The second-order valence-electron chi connectivity index (χ2n) is 10.0. The molecule has 0 spiro atoms. The predicted octanol–water partition coefficient (Wildman–Crippen LogP) is -1.41. The van der Waals surface area contributed by atoms with Crippen molar-refractivity contribution in [2.75, 3.05) is 19.5 Å². The summed E-state index contributed by atoms with van der Waals surface area (Å²) in [6.45, 7) is 6.85. The zero-order valence-corrected chi connectivity index (χ0v) is 23.7. The number of amides is 2. The third-order valence-electron chi connectivity index (χ3n) is 7.12. The number of aliphatic carboxylic acids is 1. The Morgan fingerprint density at radius 1 is 1.05 bits per heavy atom. The molecule has 0 aromatic heterocycles. The van der Waals surface area contributed by atoms with E-state index in [-0.39, 0.29) is 23.5 Å². The molecule has 0 aliphatic carbocycles. The van der Waals surface area contributed by atoms with E-state index in [4.69, 9.17) is 18.9 Å². The van der Waals surface area contributed by atoms with Crippen molar-refractivity contribution in [3.8, 4) is 0 Å². The van der Waals surface area contributed by atoms with Crippen molar-refractivity contribution in [2.24, 2.45) is 11.8 Å². The van der Waals surface area contributed by atoms with Gasteiger partial charge in [-0.1, -0.05) is 13.8 Å². The van der Waals surface area contributed by atoms with E-state index in [0.717, 1.165) is 18.7 Å². The summed E-state index contributed by atoms with van der Waals surface area (Å²) in [6.07, 6.45) is -8.38. The Balaban J connectivity index is 2.29. The summed E-state index contributed by atoms with van der Waals surface area (Å²) in [7, 11) is 1.43. The highest BCUT2D eigenvalue weighted by Crippen LogP contribution is 2.43. The van der Waals surface area contributed by atoms with Gasteiger partial charge in [0, 0.05) is 40.1 Å². The summed E-state index contributed by atoms with van der Waals surface area (Å²) in [6, 6.07) is -1.69. The monoisotopic (exact) mass is 580 g/mol. The van der Waals surface area contributed by atoms with Crippen molar-refractivity contribution >= 4 is 35.5 Å². The third-order valence-corrected chi connectivity index (χ3v) is 8.52. The van der Waals surface area contributed by atoms with Gasteiger partial charge >= 0.3 is 11.9 Å². The van der Waals surface area contributed by atoms with Gasteiger partial charge in [-0.25, -0.2) is 4.79 Å². The molecule has 224 valence electrons. The smallest absolute Gasteiger partial charge is 0.346 e. The highest BCUT2D eigenvalue weighted by Gasteiger charge is 2.56. The molecule has 2 saturated heterocycles. The maximum atomic E-state index is 12.5. The van der Waals surface area contributed by atoms with Gasteiger partial charge < -0.3 is 50.0 Å². The molecule has 0 aromatic carbocycles. The highest BCUT2D eigenvalue weighted by atomic mass is 32.2. The van der Waals surface area contributed by atoms with E-state index < -0.39 is 84.7 Å². The van der Waals surface area contributed by atoms with Gasteiger partial charge in [0.05, 0.1) is 24.3 Å². The topological polar surface area (TPSA) is 210 Å². The number of carbonyl (C=O) groups excluding carboxylic acids is 3. The number of carboxylic acids is 1. The fourth-order valence-corrected chi connectivity index (χ4v) is 6.22. The Labute approximate surface area is 231 Å². The summed E-state index contributed by atoms with van der Waals surface area (Å²) < 4.78 is 22.1. The number of ether oxygens (including phenoxy) is 4. The Hall–Kier alpha value is -2.01. The van der Waals surface area contributed by atoms with Crippen LogP contribution in [0, 0.1) is 11.8 Å². The van der Waals surface area contributed by atoms with Crippen LogP contribution in [0.15, 0.2) is 0 Å². The molecule has 2 amide bonds. The molecule has 2 rings (SSSR count). The number of aliphatic hydroxyl groups is 3. The van der Waals surface area contributed by atoms with E-state index in [1.54, 1.807) is 0 Å². The largest absolute Gasteiger partial charge is 0.478 e. The molecule has 2 fully saturated rings. The summed E-state index contributed by atoms with van der Waals surface area (Å²) in [4.78, 5) is 45.0. The number of carboxylic acid groups (broad SMARTS) is 1. The van der Waals surface area contributed by atoms with Crippen molar-refractivity contribution < 1.29 is 58.6 Å². The molecule has 0 bridgehead atoms. The number of rotatable bonds is 11. The molecule has 1 unspecified atom stereocenters. The van der Waals surface area contributed by atoms with Crippen molar-refractivity contribution in [3.05, 3.63) is 0 Å². The molecule has 15 heteroatoms. The van der Waals surface area contributed by atoms with Gasteiger partial charge in [-0.15, -0.1) is 11.8 Å². The summed E-state index contributed by atoms with van der Waals surface area (Å²) in [5.41, 5.74) is 0. The van der Waals surface area contributed by atoms with Gasteiger partial charge in [0.2, 0.25) is 16.7 Å². The Morgan fingerprint density at radius 3 is 2.15 bits per heavy atom. The van der Waals surface area contributed by atoms with Crippen LogP contribution in [0.5, 0.6) is 0 Å². The summed E-state index contributed by atoms with van der Waals surface area (Å²) >= 11 is 0.828. The Kier molecular flexibility index (Phi) is 12.0. The standard InChI is InChI=1S/C24H40N2O12S/c1-10-11(2)18(25-12(3)27)22(35-6)37-17(10)9-39-24(23(33)34)7-15(30)19(26-13(4)28)21(38-24)20(32)16(31)8-36-14(5)29/h10-11,15-22,30-32H,7-9H2,1-6H3,(H,25,27)(H,26,28)(H,33,34)/t10-,11-,15-,16+,17+,18+,19+,20+,21+,22?,24-/m0/s1. The van der Waals surface area contributed by atoms with Crippen LogP contribution in [0.25, 0.3) is 0 Å². The molecular weight excluding hydrogens is 540 g/mol. The van der Waals surface area contributed by atoms with Crippen LogP contribution in [-0.2, 0) is 38.1 Å². The zero-order chi connectivity index (χ0) is 29.7. The second-order valence-corrected chi connectivity index (χ2v) is 11.3. The van der Waals surface area contributed by atoms with E-state index >= 15 is 0 Å². The minimum Gasteiger partial charge on any atom is -0.478 e. The Morgan fingerprint density at radius 2 is 1.64 bits per heavy atom. The lowest BCUT2D eigenvalue weighted by molar-refractivity contribution is -0.220. The van der Waals surface area contributed by atoms with E-state index in [1.165, 1.54) is 21.0 Å². The normalized spacial score (nSPS) is 36.3. The van der Waals surface area contributed by atoms with Crippen LogP contribution in [-0.4, -0.2) is 117 Å². The van der Waals surface area contributed by atoms with Crippen LogP contribution in [0.1, 0.15) is 41.0 Å². The zero-order valence-electron chi connectivity index (χ0n) is 22.9. The van der Waals surface area contributed by atoms with Crippen LogP contribution < -0.4 is 10.6 Å². The van der Waals surface area contributed by atoms with Gasteiger partial charge in [0.15, 0.2) is 6.29 Å². The molecule has 39 heavy (non-hydrogen) atoms. The van der Waals surface area contributed by atoms with E-state index in [0.29, 0.717) is 0 Å². The lowest BCUT2D eigenvalue weighted by atomic mass is 9.82. The van der Waals surface area contributed by atoms with Gasteiger partial charge in [0.1, 0.15) is 24.9 Å². The SMILES string of the molecule is COC1O[C@H](CS[C@]2(C(=O)O)C[C@H](O)[C@@H](NC(C)=O)[C@H]([C@H](O)[C@H](O)COC(C)=O)O2)[C@@H](C)[C@H](C)[C@H]1NC(C)=O. The minimum atomic E-state index is -2.09. The molecule has 14 nitrogen and oxygen atoms in total. The number of thioether (sulfide) groups is 1. The number of nitrogens with one attached hydrogen (secondary N) is 2. The van der Waals surface area contributed by atoms with Crippen molar-refractivity contribution in [3.63, 3.8) is 0 Å². The number of hydrogen-bond donors (Lipinski definition) is 6. The number of hydrogen-bond acceptors (Lipinski definition) is 12. The maximum absolute atomic E-state index is 12.5. The van der Waals surface area contributed by atoms with Crippen LogP contribution in [0.4, 0.5) is 0 Å². The lowest BCUT2D eigenvalue weighted by Gasteiger charge is -2.48. The summed E-state index contributed by atoms with van der Waals surface area (Å²) in [5.74, 6) is -3.18. The molecule has 6 N–H and O–H groups in total. The molecule has 2 aliphatic rings. The molecule has 2 heterocycles. The molecule has 0 aromatic rings. The Bertz CT molecular complexity index is 891. The maximum Gasteiger partial charge on any atom is 0.346 e. The van der Waals surface area contributed by atoms with Crippen LogP contribution in [0.3, 0.4) is 0 Å². The van der Waals surface area contributed by atoms with Crippen molar-refractivity contribution in [2.45, 2.75) is 94.9 Å². The molecule has 2 aliphatic heterocycles. The van der Waals surface area contributed by atoms with E-state index in [1.807, 2.05) is 13.8 Å². The highest BCUT2D eigenvalue weighted by molar-refractivity contribution is 8.01. The van der Waals surface area contributed by atoms with Gasteiger partial charge in [-0.2, -0.15) is 0 Å². The van der Waals surface area contributed by atoms with Gasteiger partial charge in [-0.3, -0.25) is 14.4 Å². The quantitative estimate of drug-likeness (QED) is 0.155. The number of aliphatic hydroxyl groups excluding tert-OH is 3. The fourth-order valence-electron chi connectivity index (χ4n) is 4.81. The van der Waals surface area contributed by atoms with Gasteiger partial charge in [0.25, 0.3) is 0 Å². The number of esters is 1. The number of carbonyl (C=O) groups is 4. The summed E-state index contributed by atoms with van der Waals surface area (Å²) in [5, 5.41) is 47.6. The first-order valence-corrected chi connectivity index (χ1v) is 13.6. The van der Waals surface area contributed by atoms with E-state index in [9.17, 15) is 39.6 Å². The predicted molar refractivity (Wildman–Crippen MR) is 136 cm³/mol. The molecular formula is C24H40N2O12S. The minimum absolute atomic E-state index is 0.0702. The number of methoxy groups -OCH3 is 1. The van der Waals surface area contributed by atoms with Gasteiger partial charge in [-0.05, 0) is 11.8 Å². The first kappa shape index (κ1) is 33.2. The van der Waals surface area contributed by atoms with Crippen LogP contribution in [0.2, 0.25) is 0 Å². The first-order valence-electron chi connectivity index (χ1n) is 12.6. The van der Waals surface area contributed by atoms with Crippen molar-refractivity contribution in [1.29, 1.82) is 0 Å².